The summed E-state index contributed by atoms with van der Waals surface area (Å²) >= 11 is 0. The highest BCUT2D eigenvalue weighted by Gasteiger charge is 2.28. The van der Waals surface area contributed by atoms with E-state index < -0.39 is 0 Å². The number of hydrogen-bond acceptors (Lipinski definition) is 5. The number of aromatic nitrogens is 5. The van der Waals surface area contributed by atoms with Crippen molar-refractivity contribution in [3.05, 3.63) is 120 Å². The van der Waals surface area contributed by atoms with Crippen LogP contribution < -0.4 is 4.90 Å². The minimum Gasteiger partial charge on any atom is -0.351 e. The van der Waals surface area contributed by atoms with E-state index in [1.165, 1.54) is 16.7 Å². The van der Waals surface area contributed by atoms with Gasteiger partial charge in [0.2, 0.25) is 5.78 Å². The Bertz CT molecular complexity index is 1670. The first-order valence-electron chi connectivity index (χ1n) is 11.8. The van der Waals surface area contributed by atoms with Crippen molar-refractivity contribution < 1.29 is 0 Å². The second-order valence-corrected chi connectivity index (χ2v) is 8.91. The molecule has 0 saturated heterocycles. The molecular weight excluding hydrogens is 432 g/mol. The first-order chi connectivity index (χ1) is 17.3. The molecule has 6 nitrogen and oxygen atoms in total. The highest BCUT2D eigenvalue weighted by molar-refractivity contribution is 5.91. The molecule has 0 amide bonds. The number of benzene rings is 3. The van der Waals surface area contributed by atoms with E-state index in [0.717, 1.165) is 35.4 Å². The molecule has 7 rings (SSSR count). The number of rotatable bonds is 3. The highest BCUT2D eigenvalue weighted by atomic mass is 15.2. The van der Waals surface area contributed by atoms with Gasteiger partial charge in [-0.2, -0.15) is 0 Å². The fourth-order valence-electron chi connectivity index (χ4n) is 5.10. The van der Waals surface area contributed by atoms with Gasteiger partial charge in [0.15, 0.2) is 5.82 Å². The quantitative estimate of drug-likeness (QED) is 0.354. The summed E-state index contributed by atoms with van der Waals surface area (Å²) < 4.78 is 1.90. The zero-order valence-electron chi connectivity index (χ0n) is 19.0. The van der Waals surface area contributed by atoms with E-state index in [0.29, 0.717) is 11.6 Å². The summed E-state index contributed by atoms with van der Waals surface area (Å²) in [6.07, 6.45) is 7.42. The predicted molar refractivity (Wildman–Crippen MR) is 137 cm³/mol. The van der Waals surface area contributed by atoms with Gasteiger partial charge in [-0.25, -0.2) is 19.9 Å². The van der Waals surface area contributed by atoms with Crippen LogP contribution >= 0.6 is 0 Å². The van der Waals surface area contributed by atoms with Crippen molar-refractivity contribution in [3.63, 3.8) is 0 Å². The van der Waals surface area contributed by atoms with E-state index in [4.69, 9.17) is 9.97 Å². The number of hydrogen-bond donors (Lipinski definition) is 0. The molecule has 0 bridgehead atoms. The van der Waals surface area contributed by atoms with Crippen LogP contribution in [0.1, 0.15) is 22.6 Å². The predicted octanol–water partition coefficient (Wildman–Crippen LogP) is 5.49. The molecule has 0 saturated carbocycles. The van der Waals surface area contributed by atoms with Crippen molar-refractivity contribution in [2.45, 2.75) is 12.5 Å². The molecule has 3 aromatic heterocycles. The Morgan fingerprint density at radius 3 is 2.57 bits per heavy atom. The Kier molecular flexibility index (Phi) is 4.55. The molecule has 6 aromatic rings. The van der Waals surface area contributed by atoms with Gasteiger partial charge in [0.05, 0.1) is 11.1 Å². The van der Waals surface area contributed by atoms with E-state index in [-0.39, 0.29) is 5.92 Å². The van der Waals surface area contributed by atoms with Crippen LogP contribution in [0.25, 0.3) is 28.1 Å². The van der Waals surface area contributed by atoms with Gasteiger partial charge in [-0.1, -0.05) is 66.7 Å². The van der Waals surface area contributed by atoms with Gasteiger partial charge in [-0.05, 0) is 28.8 Å². The van der Waals surface area contributed by atoms with Crippen LogP contribution in [0.15, 0.2) is 104 Å². The largest absolute Gasteiger partial charge is 0.351 e. The van der Waals surface area contributed by atoms with Crippen LogP contribution in [0.4, 0.5) is 5.82 Å². The molecule has 1 unspecified atom stereocenters. The first-order valence-corrected chi connectivity index (χ1v) is 11.8. The highest BCUT2D eigenvalue weighted by Crippen LogP contribution is 2.37. The summed E-state index contributed by atoms with van der Waals surface area (Å²) in [6.45, 7) is 1.65. The maximum Gasteiger partial charge on any atom is 0.233 e. The summed E-state index contributed by atoms with van der Waals surface area (Å²) in [4.78, 5) is 21.2. The molecule has 1 aliphatic rings. The number of nitrogens with zero attached hydrogens (tertiary/aromatic N) is 6. The van der Waals surface area contributed by atoms with Gasteiger partial charge in [0.25, 0.3) is 0 Å². The van der Waals surface area contributed by atoms with Crippen LogP contribution in [0.5, 0.6) is 0 Å². The Hall–Kier alpha value is -4.58. The maximum atomic E-state index is 5.13. The first kappa shape index (κ1) is 19.9. The third kappa shape index (κ3) is 3.42. The summed E-state index contributed by atoms with van der Waals surface area (Å²) in [5.74, 6) is 2.54. The SMILES string of the molecule is c1ccc(C2CN(c3nc(-c4cnc5nccn5c4)nc4ccccc34)Cc3ccccc32)cc1. The molecule has 35 heavy (non-hydrogen) atoms. The normalized spacial score (nSPS) is 15.4. The second-order valence-electron chi connectivity index (χ2n) is 8.91. The fourth-order valence-corrected chi connectivity index (χ4v) is 5.10. The fraction of sp³-hybridized carbons (Fsp3) is 0.103. The second kappa shape index (κ2) is 8.02. The third-order valence-electron chi connectivity index (χ3n) is 6.78. The molecule has 0 N–H and O–H groups in total. The molecule has 6 heteroatoms. The van der Waals surface area contributed by atoms with Crippen LogP contribution in [0.2, 0.25) is 0 Å². The Morgan fingerprint density at radius 1 is 0.800 bits per heavy atom. The van der Waals surface area contributed by atoms with Gasteiger partial charge in [0, 0.05) is 49.2 Å². The molecule has 1 atom stereocenters. The van der Waals surface area contributed by atoms with Crippen molar-refractivity contribution in [2.75, 3.05) is 11.4 Å². The molecular formula is C29H22N6. The number of anilines is 1. The topological polar surface area (TPSA) is 59.2 Å². The zero-order valence-corrected chi connectivity index (χ0v) is 19.0. The Morgan fingerprint density at radius 2 is 1.63 bits per heavy atom. The smallest absolute Gasteiger partial charge is 0.233 e. The van der Waals surface area contributed by atoms with Crippen LogP contribution in [-0.2, 0) is 6.54 Å². The number of para-hydroxylation sites is 1. The van der Waals surface area contributed by atoms with E-state index in [1.807, 2.05) is 22.9 Å². The molecule has 0 fully saturated rings. The summed E-state index contributed by atoms with van der Waals surface area (Å²) in [7, 11) is 0. The summed E-state index contributed by atoms with van der Waals surface area (Å²) in [5, 5.41) is 1.05. The standard InChI is InChI=1S/C29H22N6/c1-2-8-20(9-3-1)25-19-35(17-21-10-4-5-11-23(21)25)28-24-12-6-7-13-26(24)32-27(33-28)22-16-31-29-30-14-15-34(29)18-22/h1-16,18,25H,17,19H2. The Balaban J connectivity index is 1.39. The molecule has 0 aliphatic carbocycles. The number of imidazole rings is 1. The van der Waals surface area contributed by atoms with E-state index in [9.17, 15) is 0 Å². The lowest BCUT2D eigenvalue weighted by Crippen LogP contribution is -2.35. The van der Waals surface area contributed by atoms with Crippen molar-refractivity contribution in [1.29, 1.82) is 0 Å². The zero-order chi connectivity index (χ0) is 23.2. The lowest BCUT2D eigenvalue weighted by molar-refractivity contribution is 0.660. The van der Waals surface area contributed by atoms with E-state index in [1.54, 1.807) is 12.4 Å². The van der Waals surface area contributed by atoms with Crippen LogP contribution in [0, 0.1) is 0 Å². The third-order valence-corrected chi connectivity index (χ3v) is 6.78. The molecule has 4 heterocycles. The number of fused-ring (bicyclic) bond motifs is 3. The molecule has 0 spiro atoms. The minimum atomic E-state index is 0.266. The van der Waals surface area contributed by atoms with Crippen molar-refractivity contribution in [3.8, 4) is 11.4 Å². The molecule has 168 valence electrons. The van der Waals surface area contributed by atoms with Gasteiger partial charge in [-0.15, -0.1) is 0 Å². The molecule has 3 aromatic carbocycles. The van der Waals surface area contributed by atoms with Gasteiger partial charge in [0.1, 0.15) is 5.82 Å². The average Bonchev–Trinajstić information content (AvgIpc) is 3.40. The van der Waals surface area contributed by atoms with Crippen molar-refractivity contribution >= 4 is 22.5 Å². The van der Waals surface area contributed by atoms with Gasteiger partial charge < -0.3 is 4.90 Å². The van der Waals surface area contributed by atoms with Crippen molar-refractivity contribution in [1.82, 2.24) is 24.3 Å². The minimum absolute atomic E-state index is 0.266. The van der Waals surface area contributed by atoms with Gasteiger partial charge in [-0.3, -0.25) is 4.40 Å². The maximum absolute atomic E-state index is 5.13. The average molecular weight is 455 g/mol. The Labute approximate surface area is 202 Å². The monoisotopic (exact) mass is 454 g/mol. The molecule has 1 aliphatic heterocycles. The van der Waals surface area contributed by atoms with Crippen LogP contribution in [-0.4, -0.2) is 30.9 Å². The lowest BCUT2D eigenvalue weighted by atomic mass is 9.84. The summed E-state index contributed by atoms with van der Waals surface area (Å²) in [6, 6.07) is 27.8. The van der Waals surface area contributed by atoms with Crippen LogP contribution in [0.3, 0.4) is 0 Å². The molecule has 0 radical (unpaired) electrons. The van der Waals surface area contributed by atoms with E-state index in [2.05, 4.69) is 87.7 Å². The van der Waals surface area contributed by atoms with Crippen molar-refractivity contribution in [2.24, 2.45) is 0 Å². The lowest BCUT2D eigenvalue weighted by Gasteiger charge is -2.36. The summed E-state index contributed by atoms with van der Waals surface area (Å²) in [5.41, 5.74) is 5.83. The van der Waals surface area contributed by atoms with E-state index >= 15 is 0 Å². The van der Waals surface area contributed by atoms with Gasteiger partial charge >= 0.3 is 0 Å².